The number of hydrogen-bond acceptors (Lipinski definition) is 4. The van der Waals surface area contributed by atoms with Gasteiger partial charge in [0.25, 0.3) is 5.91 Å². The van der Waals surface area contributed by atoms with E-state index in [0.717, 1.165) is 5.46 Å². The van der Waals surface area contributed by atoms with E-state index in [0.29, 0.717) is 18.7 Å². The Labute approximate surface area is 131 Å². The monoisotopic (exact) mass is 303 g/mol. The highest BCUT2D eigenvalue weighted by Gasteiger charge is 2.51. The van der Waals surface area contributed by atoms with E-state index in [-0.39, 0.29) is 30.3 Å². The zero-order valence-electron chi connectivity index (χ0n) is 13.5. The summed E-state index contributed by atoms with van der Waals surface area (Å²) in [5.74, 6) is 0.636. The third-order valence-electron chi connectivity index (χ3n) is 4.68. The second-order valence-electron chi connectivity index (χ2n) is 6.84. The molecule has 22 heavy (non-hydrogen) atoms. The summed E-state index contributed by atoms with van der Waals surface area (Å²) in [6.07, 6.45) is 0.320. The number of carbonyl (C=O) groups is 1. The maximum absolute atomic E-state index is 11.5. The molecule has 2 aliphatic rings. The third-order valence-corrected chi connectivity index (χ3v) is 4.68. The van der Waals surface area contributed by atoms with Gasteiger partial charge >= 0.3 is 7.12 Å². The van der Waals surface area contributed by atoms with E-state index in [1.54, 1.807) is 0 Å². The summed E-state index contributed by atoms with van der Waals surface area (Å²) in [7, 11) is -0.381. The van der Waals surface area contributed by atoms with Gasteiger partial charge in [-0.05, 0) is 45.3 Å². The van der Waals surface area contributed by atoms with Gasteiger partial charge in [-0.2, -0.15) is 0 Å². The van der Waals surface area contributed by atoms with E-state index in [9.17, 15) is 4.79 Å². The van der Waals surface area contributed by atoms with Crippen LogP contribution in [-0.2, 0) is 14.1 Å². The number of rotatable bonds is 3. The first-order valence-corrected chi connectivity index (χ1v) is 7.68. The Kier molecular flexibility index (Phi) is 3.69. The van der Waals surface area contributed by atoms with Crippen molar-refractivity contribution in [3.8, 4) is 5.75 Å². The minimum atomic E-state index is -0.386. The zero-order chi connectivity index (χ0) is 16.0. The standard InChI is InChI=1S/C16H22BNO4/c1-15(2)16(3,4)22-17(21-15)11-5-7-12(8-6-11)20-13-9-10-18-14(13)19/h5-8,13H,9-10H2,1-4H3,(H,18,19)/t13-/m0/s1. The van der Waals surface area contributed by atoms with Crippen molar-refractivity contribution in [1.29, 1.82) is 0 Å². The lowest BCUT2D eigenvalue weighted by atomic mass is 9.79. The average molecular weight is 303 g/mol. The highest BCUT2D eigenvalue weighted by molar-refractivity contribution is 6.62. The number of carbonyl (C=O) groups excluding carboxylic acids is 1. The first-order chi connectivity index (χ1) is 10.3. The molecule has 0 unspecified atom stereocenters. The van der Waals surface area contributed by atoms with Crippen LogP contribution in [-0.4, -0.2) is 36.9 Å². The highest BCUT2D eigenvalue weighted by atomic mass is 16.7. The molecular weight excluding hydrogens is 281 g/mol. The fourth-order valence-electron chi connectivity index (χ4n) is 2.53. The molecule has 0 bridgehead atoms. The fourth-order valence-corrected chi connectivity index (χ4v) is 2.53. The van der Waals surface area contributed by atoms with Crippen molar-refractivity contribution in [1.82, 2.24) is 5.32 Å². The SMILES string of the molecule is CC1(C)OB(c2ccc(O[C@H]3CCNC3=O)cc2)OC1(C)C. The van der Waals surface area contributed by atoms with Gasteiger partial charge in [-0.3, -0.25) is 4.79 Å². The Morgan fingerprint density at radius 2 is 1.73 bits per heavy atom. The molecule has 0 saturated carbocycles. The summed E-state index contributed by atoms with van der Waals surface area (Å²) >= 11 is 0. The van der Waals surface area contributed by atoms with E-state index in [1.807, 2.05) is 52.0 Å². The van der Waals surface area contributed by atoms with E-state index >= 15 is 0 Å². The van der Waals surface area contributed by atoms with Crippen molar-refractivity contribution >= 4 is 18.5 Å². The fraction of sp³-hybridized carbons (Fsp3) is 0.562. The molecule has 0 aliphatic carbocycles. The summed E-state index contributed by atoms with van der Waals surface area (Å²) in [4.78, 5) is 11.5. The average Bonchev–Trinajstić information content (AvgIpc) is 2.92. The van der Waals surface area contributed by atoms with Gasteiger partial charge in [-0.1, -0.05) is 12.1 Å². The van der Waals surface area contributed by atoms with Crippen LogP contribution in [0.25, 0.3) is 0 Å². The van der Waals surface area contributed by atoms with Gasteiger partial charge in [0.15, 0.2) is 6.10 Å². The van der Waals surface area contributed by atoms with Crippen molar-refractivity contribution in [2.45, 2.75) is 51.4 Å². The van der Waals surface area contributed by atoms with Gasteiger partial charge < -0.3 is 19.4 Å². The normalized spacial score (nSPS) is 26.1. The molecule has 1 N–H and O–H groups in total. The largest absolute Gasteiger partial charge is 0.494 e. The predicted octanol–water partition coefficient (Wildman–Crippen LogP) is 1.25. The first-order valence-electron chi connectivity index (χ1n) is 7.68. The second-order valence-corrected chi connectivity index (χ2v) is 6.84. The summed E-state index contributed by atoms with van der Waals surface area (Å²) in [5.41, 5.74) is 0.241. The quantitative estimate of drug-likeness (QED) is 0.854. The molecule has 2 heterocycles. The second kappa shape index (κ2) is 5.28. The van der Waals surface area contributed by atoms with E-state index < -0.39 is 0 Å². The molecule has 1 atom stereocenters. The Bertz CT molecular complexity index is 554. The van der Waals surface area contributed by atoms with Crippen molar-refractivity contribution < 1.29 is 18.8 Å². The third kappa shape index (κ3) is 2.73. The lowest BCUT2D eigenvalue weighted by Gasteiger charge is -2.32. The minimum Gasteiger partial charge on any atom is -0.481 e. The Balaban J connectivity index is 1.69. The molecule has 2 aliphatic heterocycles. The number of hydrogen-bond donors (Lipinski definition) is 1. The number of benzene rings is 1. The molecule has 1 amide bonds. The van der Waals surface area contributed by atoms with Crippen LogP contribution >= 0.6 is 0 Å². The molecule has 5 nitrogen and oxygen atoms in total. The summed E-state index contributed by atoms with van der Waals surface area (Å²) in [6, 6.07) is 7.55. The maximum atomic E-state index is 11.5. The van der Waals surface area contributed by atoms with Crippen molar-refractivity contribution in [2.75, 3.05) is 6.54 Å². The van der Waals surface area contributed by atoms with Crippen LogP contribution in [0.5, 0.6) is 5.75 Å². The molecule has 2 fully saturated rings. The topological polar surface area (TPSA) is 56.8 Å². The maximum Gasteiger partial charge on any atom is 0.494 e. The smallest absolute Gasteiger partial charge is 0.481 e. The lowest BCUT2D eigenvalue weighted by molar-refractivity contribution is -0.124. The molecule has 2 saturated heterocycles. The van der Waals surface area contributed by atoms with Crippen molar-refractivity contribution in [3.63, 3.8) is 0 Å². The van der Waals surface area contributed by atoms with E-state index in [2.05, 4.69) is 5.32 Å². The molecule has 0 aromatic heterocycles. The van der Waals surface area contributed by atoms with Gasteiger partial charge in [0.05, 0.1) is 11.2 Å². The van der Waals surface area contributed by atoms with Gasteiger partial charge in [0, 0.05) is 13.0 Å². The van der Waals surface area contributed by atoms with Crippen LogP contribution < -0.4 is 15.5 Å². The van der Waals surface area contributed by atoms with Crippen LogP contribution in [0.3, 0.4) is 0 Å². The van der Waals surface area contributed by atoms with Crippen molar-refractivity contribution in [2.24, 2.45) is 0 Å². The Morgan fingerprint density at radius 1 is 1.14 bits per heavy atom. The minimum absolute atomic E-state index is 0.0463. The number of nitrogens with one attached hydrogen (secondary N) is 1. The summed E-state index contributed by atoms with van der Waals surface area (Å²) < 4.78 is 17.7. The highest BCUT2D eigenvalue weighted by Crippen LogP contribution is 2.36. The molecule has 0 spiro atoms. The lowest BCUT2D eigenvalue weighted by Crippen LogP contribution is -2.41. The van der Waals surface area contributed by atoms with Gasteiger partial charge in [0.2, 0.25) is 0 Å². The van der Waals surface area contributed by atoms with Crippen LogP contribution in [0.4, 0.5) is 0 Å². The van der Waals surface area contributed by atoms with Crippen LogP contribution in [0.1, 0.15) is 34.1 Å². The first kappa shape index (κ1) is 15.4. The zero-order valence-corrected chi connectivity index (χ0v) is 13.5. The van der Waals surface area contributed by atoms with Crippen LogP contribution in [0, 0.1) is 0 Å². The van der Waals surface area contributed by atoms with Crippen LogP contribution in [0.2, 0.25) is 0 Å². The van der Waals surface area contributed by atoms with Gasteiger partial charge in [-0.25, -0.2) is 0 Å². The van der Waals surface area contributed by atoms with E-state index in [1.165, 1.54) is 0 Å². The van der Waals surface area contributed by atoms with Gasteiger partial charge in [-0.15, -0.1) is 0 Å². The molecule has 6 heteroatoms. The van der Waals surface area contributed by atoms with E-state index in [4.69, 9.17) is 14.0 Å². The molecule has 1 aromatic rings. The summed E-state index contributed by atoms with van der Waals surface area (Å²) in [5, 5.41) is 2.76. The molecule has 3 rings (SSSR count). The number of amides is 1. The molecule has 118 valence electrons. The van der Waals surface area contributed by atoms with Gasteiger partial charge in [0.1, 0.15) is 5.75 Å². The molecule has 0 radical (unpaired) electrons. The molecular formula is C16H22BNO4. The predicted molar refractivity (Wildman–Crippen MR) is 84.2 cm³/mol. The van der Waals surface area contributed by atoms with Crippen LogP contribution in [0.15, 0.2) is 24.3 Å². The van der Waals surface area contributed by atoms with Crippen molar-refractivity contribution in [3.05, 3.63) is 24.3 Å². The Morgan fingerprint density at radius 3 is 2.23 bits per heavy atom. The Hall–Kier alpha value is -1.53. The molecule has 1 aromatic carbocycles. The summed E-state index contributed by atoms with van der Waals surface area (Å²) in [6.45, 7) is 8.80. The number of ether oxygens (including phenoxy) is 1.